The lowest BCUT2D eigenvalue weighted by molar-refractivity contribution is -0.156. The van der Waals surface area contributed by atoms with Crippen molar-refractivity contribution < 1.29 is 23.8 Å². The van der Waals surface area contributed by atoms with Crippen LogP contribution in [0.2, 0.25) is 0 Å². The minimum atomic E-state index is -0.887. The van der Waals surface area contributed by atoms with Crippen molar-refractivity contribution >= 4 is 17.6 Å². The summed E-state index contributed by atoms with van der Waals surface area (Å²) < 4.78 is 16.1. The summed E-state index contributed by atoms with van der Waals surface area (Å²) in [5, 5.41) is 2.72. The summed E-state index contributed by atoms with van der Waals surface area (Å²) in [5.41, 5.74) is 1.79. The fourth-order valence-corrected chi connectivity index (χ4v) is 2.54. The monoisotopic (exact) mass is 355 g/mol. The van der Waals surface area contributed by atoms with Crippen molar-refractivity contribution in [1.82, 2.24) is 0 Å². The van der Waals surface area contributed by atoms with Crippen LogP contribution in [0.4, 0.5) is 5.69 Å². The molecule has 1 atom stereocenters. The van der Waals surface area contributed by atoms with Gasteiger partial charge in [-0.3, -0.25) is 4.79 Å². The molecule has 2 aromatic carbocycles. The van der Waals surface area contributed by atoms with Gasteiger partial charge in [0.25, 0.3) is 5.91 Å². The van der Waals surface area contributed by atoms with Crippen LogP contribution in [0.3, 0.4) is 0 Å². The van der Waals surface area contributed by atoms with E-state index in [-0.39, 0.29) is 13.2 Å². The van der Waals surface area contributed by atoms with Crippen LogP contribution < -0.4 is 14.8 Å². The first-order chi connectivity index (χ1) is 12.5. The average Bonchev–Trinajstić information content (AvgIpc) is 2.66. The summed E-state index contributed by atoms with van der Waals surface area (Å²) in [4.78, 5) is 24.1. The quantitative estimate of drug-likeness (QED) is 0.834. The molecule has 3 rings (SSSR count). The molecule has 6 nitrogen and oxygen atoms in total. The largest absolute Gasteiger partial charge is 0.485 e. The highest BCUT2D eigenvalue weighted by atomic mass is 16.6. The number of esters is 1. The van der Waals surface area contributed by atoms with Gasteiger partial charge in [0.1, 0.15) is 6.61 Å². The Labute approximate surface area is 152 Å². The van der Waals surface area contributed by atoms with E-state index in [1.165, 1.54) is 0 Å². The normalized spacial score (nSPS) is 15.4. The van der Waals surface area contributed by atoms with Crippen molar-refractivity contribution in [2.75, 3.05) is 18.5 Å². The van der Waals surface area contributed by atoms with Gasteiger partial charge in [-0.2, -0.15) is 0 Å². The van der Waals surface area contributed by atoms with E-state index >= 15 is 0 Å². The van der Waals surface area contributed by atoms with Gasteiger partial charge < -0.3 is 19.5 Å². The van der Waals surface area contributed by atoms with E-state index in [4.69, 9.17) is 14.2 Å². The number of fused-ring (bicyclic) bond motifs is 1. The molecule has 1 aliphatic rings. The van der Waals surface area contributed by atoms with Gasteiger partial charge in [0.2, 0.25) is 6.10 Å². The number of hydrogen-bond acceptors (Lipinski definition) is 5. The summed E-state index contributed by atoms with van der Waals surface area (Å²) in [6.45, 7) is 3.82. The van der Waals surface area contributed by atoms with Crippen LogP contribution in [0.15, 0.2) is 48.5 Å². The number of amides is 1. The second-order valence-electron chi connectivity index (χ2n) is 6.30. The predicted molar refractivity (Wildman–Crippen MR) is 96.5 cm³/mol. The predicted octanol–water partition coefficient (Wildman–Crippen LogP) is 3.13. The van der Waals surface area contributed by atoms with Gasteiger partial charge in [0, 0.05) is 5.69 Å². The van der Waals surface area contributed by atoms with E-state index in [1.54, 1.807) is 24.3 Å². The maximum atomic E-state index is 12.1. The minimum absolute atomic E-state index is 0.0495. The zero-order valence-electron chi connectivity index (χ0n) is 14.7. The molecule has 0 aromatic heterocycles. The molecule has 0 unspecified atom stereocenters. The molecule has 0 radical (unpaired) electrons. The van der Waals surface area contributed by atoms with E-state index in [0.717, 1.165) is 5.56 Å². The van der Waals surface area contributed by atoms with Gasteiger partial charge in [-0.05, 0) is 35.7 Å². The zero-order chi connectivity index (χ0) is 18.5. The number of nitrogens with one attached hydrogen (secondary N) is 1. The molecule has 1 aliphatic heterocycles. The molecule has 1 heterocycles. The standard InChI is InChI=1S/C20H21NO5/c1-13(2)14-6-5-7-15(10-14)21-19(22)12-25-20(23)18-11-24-16-8-3-4-9-17(16)26-18/h3-10,13,18H,11-12H2,1-2H3,(H,21,22)/t18-/m0/s1. The Bertz CT molecular complexity index is 802. The molecule has 136 valence electrons. The number of ether oxygens (including phenoxy) is 3. The first-order valence-corrected chi connectivity index (χ1v) is 8.48. The summed E-state index contributed by atoms with van der Waals surface area (Å²) >= 11 is 0. The molecule has 0 spiro atoms. The highest BCUT2D eigenvalue weighted by Gasteiger charge is 2.29. The van der Waals surface area contributed by atoms with Gasteiger partial charge in [0.15, 0.2) is 18.1 Å². The molecule has 0 aliphatic carbocycles. The summed E-state index contributed by atoms with van der Waals surface area (Å²) in [7, 11) is 0. The van der Waals surface area contributed by atoms with Crippen molar-refractivity contribution in [3.05, 3.63) is 54.1 Å². The van der Waals surface area contributed by atoms with Crippen molar-refractivity contribution in [3.8, 4) is 11.5 Å². The zero-order valence-corrected chi connectivity index (χ0v) is 14.7. The average molecular weight is 355 g/mol. The number of benzene rings is 2. The van der Waals surface area contributed by atoms with Crippen LogP contribution in [-0.4, -0.2) is 31.2 Å². The van der Waals surface area contributed by atoms with E-state index in [1.807, 2.05) is 24.3 Å². The first-order valence-electron chi connectivity index (χ1n) is 8.48. The van der Waals surface area contributed by atoms with E-state index in [0.29, 0.717) is 23.1 Å². The Balaban J connectivity index is 1.50. The third-order valence-electron chi connectivity index (χ3n) is 3.95. The van der Waals surface area contributed by atoms with Gasteiger partial charge >= 0.3 is 5.97 Å². The molecule has 0 saturated carbocycles. The molecule has 1 N–H and O–H groups in total. The summed E-state index contributed by atoms with van der Waals surface area (Å²) in [6.07, 6.45) is -0.887. The Morgan fingerprint density at radius 1 is 1.15 bits per heavy atom. The van der Waals surface area contributed by atoms with Crippen LogP contribution in [-0.2, 0) is 14.3 Å². The molecule has 0 saturated heterocycles. The topological polar surface area (TPSA) is 73.9 Å². The lowest BCUT2D eigenvalue weighted by Crippen LogP contribution is -2.39. The lowest BCUT2D eigenvalue weighted by Gasteiger charge is -2.24. The van der Waals surface area contributed by atoms with E-state index in [9.17, 15) is 9.59 Å². The summed E-state index contributed by atoms with van der Waals surface area (Å²) in [5.74, 6) is 0.382. The Morgan fingerprint density at radius 3 is 2.69 bits per heavy atom. The van der Waals surface area contributed by atoms with Gasteiger partial charge in [-0.25, -0.2) is 4.79 Å². The van der Waals surface area contributed by atoms with Gasteiger partial charge in [-0.15, -0.1) is 0 Å². The molecular weight excluding hydrogens is 334 g/mol. The highest BCUT2D eigenvalue weighted by Crippen LogP contribution is 2.31. The van der Waals surface area contributed by atoms with Crippen molar-refractivity contribution in [2.24, 2.45) is 0 Å². The third kappa shape index (κ3) is 4.33. The van der Waals surface area contributed by atoms with Crippen LogP contribution in [0.1, 0.15) is 25.3 Å². The van der Waals surface area contributed by atoms with Crippen LogP contribution >= 0.6 is 0 Å². The fourth-order valence-electron chi connectivity index (χ4n) is 2.54. The van der Waals surface area contributed by atoms with Gasteiger partial charge in [-0.1, -0.05) is 38.1 Å². The maximum absolute atomic E-state index is 12.1. The third-order valence-corrected chi connectivity index (χ3v) is 3.95. The lowest BCUT2D eigenvalue weighted by atomic mass is 10.0. The van der Waals surface area contributed by atoms with Gasteiger partial charge in [0.05, 0.1) is 0 Å². The smallest absolute Gasteiger partial charge is 0.351 e. The molecule has 0 bridgehead atoms. The number of carbonyl (C=O) groups excluding carboxylic acids is 2. The number of rotatable bonds is 5. The SMILES string of the molecule is CC(C)c1cccc(NC(=O)COC(=O)[C@@H]2COc3ccccc3O2)c1. The first kappa shape index (κ1) is 17.8. The second-order valence-corrected chi connectivity index (χ2v) is 6.30. The Kier molecular flexibility index (Phi) is 5.41. The Morgan fingerprint density at radius 2 is 1.92 bits per heavy atom. The Hall–Kier alpha value is -3.02. The number of hydrogen-bond donors (Lipinski definition) is 1. The van der Waals surface area contributed by atoms with Crippen LogP contribution in [0.5, 0.6) is 11.5 Å². The molecular formula is C20H21NO5. The second kappa shape index (κ2) is 7.91. The maximum Gasteiger partial charge on any atom is 0.351 e. The van der Waals surface area contributed by atoms with Crippen molar-refractivity contribution in [1.29, 1.82) is 0 Å². The van der Waals surface area contributed by atoms with Crippen molar-refractivity contribution in [2.45, 2.75) is 25.9 Å². The van der Waals surface area contributed by atoms with E-state index < -0.39 is 18.0 Å². The van der Waals surface area contributed by atoms with Crippen LogP contribution in [0.25, 0.3) is 0 Å². The number of anilines is 1. The van der Waals surface area contributed by atoms with Crippen molar-refractivity contribution in [3.63, 3.8) is 0 Å². The molecule has 6 heteroatoms. The summed E-state index contributed by atoms with van der Waals surface area (Å²) in [6, 6.07) is 14.6. The van der Waals surface area contributed by atoms with E-state index in [2.05, 4.69) is 19.2 Å². The number of carbonyl (C=O) groups is 2. The number of para-hydroxylation sites is 2. The highest BCUT2D eigenvalue weighted by molar-refractivity contribution is 5.93. The molecule has 26 heavy (non-hydrogen) atoms. The van der Waals surface area contributed by atoms with Crippen LogP contribution in [0, 0.1) is 0 Å². The molecule has 0 fully saturated rings. The molecule has 2 aromatic rings. The fraction of sp³-hybridized carbons (Fsp3) is 0.300. The minimum Gasteiger partial charge on any atom is -0.485 e. The molecule has 1 amide bonds.